The molecule has 0 aliphatic heterocycles. The van der Waals surface area contributed by atoms with Gasteiger partial charge in [0.25, 0.3) is 0 Å². The van der Waals surface area contributed by atoms with Crippen LogP contribution in [0.25, 0.3) is 0 Å². The quantitative estimate of drug-likeness (QED) is 0.660. The lowest BCUT2D eigenvalue weighted by atomic mass is 10.1. The van der Waals surface area contributed by atoms with Gasteiger partial charge in [-0.05, 0) is 32.5 Å². The number of nitrogens with one attached hydrogen (secondary N) is 1. The van der Waals surface area contributed by atoms with E-state index >= 15 is 0 Å². The summed E-state index contributed by atoms with van der Waals surface area (Å²) in [5.74, 6) is 0.359. The number of ether oxygens (including phenoxy) is 1. The van der Waals surface area contributed by atoms with Gasteiger partial charge in [0.1, 0.15) is 5.75 Å². The fourth-order valence-electron chi connectivity index (χ4n) is 2.03. The number of hydrogen-bond acceptors (Lipinski definition) is 5. The van der Waals surface area contributed by atoms with Crippen molar-refractivity contribution in [1.29, 1.82) is 0 Å². The normalized spacial score (nSPS) is 11.5. The molecule has 1 aromatic rings. The molecule has 0 bridgehead atoms. The Morgan fingerprint density at radius 2 is 2.14 bits per heavy atom. The van der Waals surface area contributed by atoms with Gasteiger partial charge in [-0.2, -0.15) is 0 Å². The number of hydrogen-bond donors (Lipinski definition) is 3. The molecule has 118 valence electrons. The molecule has 0 aliphatic rings. The zero-order chi connectivity index (χ0) is 16.0. The Balaban J connectivity index is 2.68. The van der Waals surface area contributed by atoms with E-state index in [1.165, 1.54) is 7.11 Å². The molecule has 1 aromatic carbocycles. The minimum atomic E-state index is -0.838. The SMILES string of the molecule is CCN(CC(=O)Nc1ccc(N)cc1OC)CC(C)(C)O. The number of anilines is 2. The molecule has 1 rings (SSSR count). The molecule has 0 spiro atoms. The van der Waals surface area contributed by atoms with Gasteiger partial charge >= 0.3 is 0 Å². The third kappa shape index (κ3) is 6.01. The van der Waals surface area contributed by atoms with Crippen LogP contribution in [0, 0.1) is 0 Å². The summed E-state index contributed by atoms with van der Waals surface area (Å²) in [7, 11) is 1.52. The smallest absolute Gasteiger partial charge is 0.238 e. The van der Waals surface area contributed by atoms with E-state index in [1.54, 1.807) is 32.0 Å². The highest BCUT2D eigenvalue weighted by molar-refractivity contribution is 5.94. The molecule has 0 saturated heterocycles. The number of carbonyl (C=O) groups is 1. The van der Waals surface area contributed by atoms with Gasteiger partial charge in [0, 0.05) is 18.3 Å². The second-order valence-electron chi connectivity index (χ2n) is 5.62. The number of methoxy groups -OCH3 is 1. The zero-order valence-corrected chi connectivity index (χ0v) is 13.1. The number of nitrogens with zero attached hydrogens (tertiary/aromatic N) is 1. The van der Waals surface area contributed by atoms with Gasteiger partial charge in [-0.3, -0.25) is 9.69 Å². The summed E-state index contributed by atoms with van der Waals surface area (Å²) in [6.45, 7) is 6.69. The van der Waals surface area contributed by atoms with Gasteiger partial charge in [0.05, 0.1) is 24.9 Å². The Morgan fingerprint density at radius 3 is 2.67 bits per heavy atom. The van der Waals surface area contributed by atoms with Crippen LogP contribution in [0.5, 0.6) is 5.75 Å². The molecule has 1 amide bonds. The standard InChI is InChI=1S/C15H25N3O3/c1-5-18(10-15(2,3)20)9-14(19)17-12-7-6-11(16)8-13(12)21-4/h6-8,20H,5,9-10,16H2,1-4H3,(H,17,19). The molecule has 0 radical (unpaired) electrons. The lowest BCUT2D eigenvalue weighted by molar-refractivity contribution is -0.117. The number of aliphatic hydroxyl groups is 1. The van der Waals surface area contributed by atoms with Crippen LogP contribution < -0.4 is 15.8 Å². The number of amides is 1. The van der Waals surface area contributed by atoms with E-state index in [0.717, 1.165) is 0 Å². The Labute approximate surface area is 125 Å². The number of carbonyl (C=O) groups excluding carboxylic acids is 1. The van der Waals surface area contributed by atoms with Crippen LogP contribution >= 0.6 is 0 Å². The molecule has 0 aromatic heterocycles. The largest absolute Gasteiger partial charge is 0.494 e. The first kappa shape index (κ1) is 17.3. The molecule has 4 N–H and O–H groups in total. The van der Waals surface area contributed by atoms with E-state index < -0.39 is 5.60 Å². The maximum absolute atomic E-state index is 12.1. The van der Waals surface area contributed by atoms with Gasteiger partial charge in [-0.15, -0.1) is 0 Å². The molecule has 6 heteroatoms. The fraction of sp³-hybridized carbons (Fsp3) is 0.533. The van der Waals surface area contributed by atoms with Crippen LogP contribution in [0.3, 0.4) is 0 Å². The van der Waals surface area contributed by atoms with Crippen molar-refractivity contribution in [2.45, 2.75) is 26.4 Å². The first-order valence-corrected chi connectivity index (χ1v) is 6.93. The average molecular weight is 295 g/mol. The molecule has 0 aliphatic carbocycles. The van der Waals surface area contributed by atoms with Gasteiger partial charge < -0.3 is 20.9 Å². The third-order valence-corrected chi connectivity index (χ3v) is 2.92. The first-order chi connectivity index (χ1) is 9.75. The Bertz CT molecular complexity index is 484. The molecule has 6 nitrogen and oxygen atoms in total. The predicted molar refractivity (Wildman–Crippen MR) is 84.4 cm³/mol. The van der Waals surface area contributed by atoms with E-state index in [2.05, 4.69) is 5.32 Å². The lowest BCUT2D eigenvalue weighted by Crippen LogP contribution is -2.42. The highest BCUT2D eigenvalue weighted by Gasteiger charge is 2.19. The highest BCUT2D eigenvalue weighted by Crippen LogP contribution is 2.26. The molecular weight excluding hydrogens is 270 g/mol. The summed E-state index contributed by atoms with van der Waals surface area (Å²) in [5, 5.41) is 12.6. The van der Waals surface area contributed by atoms with Crippen molar-refractivity contribution in [3.8, 4) is 5.75 Å². The van der Waals surface area contributed by atoms with Gasteiger partial charge in [0.15, 0.2) is 0 Å². The summed E-state index contributed by atoms with van der Waals surface area (Å²) in [6.07, 6.45) is 0. The van der Waals surface area contributed by atoms with Crippen LogP contribution in [0.1, 0.15) is 20.8 Å². The third-order valence-electron chi connectivity index (χ3n) is 2.92. The summed E-state index contributed by atoms with van der Waals surface area (Å²) in [4.78, 5) is 14.0. The van der Waals surface area contributed by atoms with Crippen molar-refractivity contribution in [3.05, 3.63) is 18.2 Å². The molecule has 0 unspecified atom stereocenters. The van der Waals surface area contributed by atoms with Crippen LogP contribution in [-0.2, 0) is 4.79 Å². The maximum atomic E-state index is 12.1. The predicted octanol–water partition coefficient (Wildman–Crippen LogP) is 1.31. The zero-order valence-electron chi connectivity index (χ0n) is 13.1. The number of nitrogen functional groups attached to an aromatic ring is 1. The monoisotopic (exact) mass is 295 g/mol. The van der Waals surface area contributed by atoms with Crippen LogP contribution in [0.4, 0.5) is 11.4 Å². The molecule has 21 heavy (non-hydrogen) atoms. The minimum Gasteiger partial charge on any atom is -0.494 e. The van der Waals surface area contributed by atoms with Crippen molar-refractivity contribution in [2.75, 3.05) is 37.8 Å². The van der Waals surface area contributed by atoms with Gasteiger partial charge in [0.2, 0.25) is 5.91 Å². The summed E-state index contributed by atoms with van der Waals surface area (Å²) >= 11 is 0. The van der Waals surface area contributed by atoms with E-state index in [9.17, 15) is 9.90 Å². The van der Waals surface area contributed by atoms with Crippen LogP contribution in [0.2, 0.25) is 0 Å². The van der Waals surface area contributed by atoms with E-state index in [4.69, 9.17) is 10.5 Å². The summed E-state index contributed by atoms with van der Waals surface area (Å²) in [6, 6.07) is 5.06. The van der Waals surface area contributed by atoms with Crippen molar-refractivity contribution in [1.82, 2.24) is 4.90 Å². The molecule has 0 heterocycles. The molecule has 0 fully saturated rings. The van der Waals surface area contributed by atoms with E-state index in [1.807, 2.05) is 11.8 Å². The number of benzene rings is 1. The lowest BCUT2D eigenvalue weighted by Gasteiger charge is -2.27. The van der Waals surface area contributed by atoms with E-state index in [0.29, 0.717) is 30.2 Å². The number of rotatable bonds is 7. The van der Waals surface area contributed by atoms with Crippen molar-refractivity contribution >= 4 is 17.3 Å². The average Bonchev–Trinajstić information content (AvgIpc) is 2.38. The van der Waals surface area contributed by atoms with Gasteiger partial charge in [-0.25, -0.2) is 0 Å². The maximum Gasteiger partial charge on any atom is 0.238 e. The van der Waals surface area contributed by atoms with Crippen molar-refractivity contribution in [2.24, 2.45) is 0 Å². The summed E-state index contributed by atoms with van der Waals surface area (Å²) in [5.41, 5.74) is 5.99. The minimum absolute atomic E-state index is 0.163. The van der Waals surface area contributed by atoms with Gasteiger partial charge in [-0.1, -0.05) is 6.92 Å². The molecule has 0 atom stereocenters. The highest BCUT2D eigenvalue weighted by atomic mass is 16.5. The molecule has 0 saturated carbocycles. The summed E-state index contributed by atoms with van der Waals surface area (Å²) < 4.78 is 5.19. The van der Waals surface area contributed by atoms with Crippen LogP contribution in [-0.4, -0.2) is 48.3 Å². The number of likely N-dealkylation sites (N-methyl/N-ethyl adjacent to an activating group) is 1. The van der Waals surface area contributed by atoms with Crippen molar-refractivity contribution < 1.29 is 14.6 Å². The first-order valence-electron chi connectivity index (χ1n) is 6.93. The Morgan fingerprint density at radius 1 is 1.48 bits per heavy atom. The van der Waals surface area contributed by atoms with Crippen LogP contribution in [0.15, 0.2) is 18.2 Å². The molecular formula is C15H25N3O3. The fourth-order valence-corrected chi connectivity index (χ4v) is 2.03. The van der Waals surface area contributed by atoms with Crippen molar-refractivity contribution in [3.63, 3.8) is 0 Å². The Kier molecular flexibility index (Phi) is 5.99. The topological polar surface area (TPSA) is 87.8 Å². The second-order valence-corrected chi connectivity index (χ2v) is 5.62. The second kappa shape index (κ2) is 7.28. The number of nitrogens with two attached hydrogens (primary N) is 1. The Hall–Kier alpha value is -1.79. The van der Waals surface area contributed by atoms with E-state index in [-0.39, 0.29) is 12.5 Å².